The summed E-state index contributed by atoms with van der Waals surface area (Å²) in [5.41, 5.74) is 1.26. The number of likely N-dealkylation sites (tertiary alicyclic amines) is 1. The van der Waals surface area contributed by atoms with Gasteiger partial charge in [0.05, 0.1) is 19.3 Å². The van der Waals surface area contributed by atoms with Crippen molar-refractivity contribution in [3.05, 3.63) is 54.1 Å². The highest BCUT2D eigenvalue weighted by molar-refractivity contribution is 5.13. The van der Waals surface area contributed by atoms with Gasteiger partial charge in [-0.25, -0.2) is 4.98 Å². The van der Waals surface area contributed by atoms with Crippen molar-refractivity contribution in [2.45, 2.75) is 52.0 Å². The molecular formula is C19H27N3O. The molecule has 0 saturated carbocycles. The summed E-state index contributed by atoms with van der Waals surface area (Å²) >= 11 is 0. The highest BCUT2D eigenvalue weighted by Gasteiger charge is 2.21. The molecule has 0 bridgehead atoms. The lowest BCUT2D eigenvalue weighted by molar-refractivity contribution is -0.00457. The van der Waals surface area contributed by atoms with Gasteiger partial charge >= 0.3 is 0 Å². The summed E-state index contributed by atoms with van der Waals surface area (Å²) in [6.07, 6.45) is 6.59. The summed E-state index contributed by atoms with van der Waals surface area (Å²) < 4.78 is 8.33. The van der Waals surface area contributed by atoms with Gasteiger partial charge in [0.2, 0.25) is 0 Å². The zero-order valence-electron chi connectivity index (χ0n) is 14.2. The van der Waals surface area contributed by atoms with E-state index < -0.39 is 0 Å². The standard InChI is InChI=1S/C19H27N3O/c1-16(2)22-13-10-20-19(22)14-21-11-8-18(9-12-21)23-15-17-6-4-3-5-7-17/h3-7,10,13,16,18H,8-9,11-12,14-15H2,1-2H3. The van der Waals surface area contributed by atoms with Crippen LogP contribution in [0, 0.1) is 0 Å². The third-order valence-corrected chi connectivity index (χ3v) is 4.53. The summed E-state index contributed by atoms with van der Waals surface area (Å²) in [6.45, 7) is 8.25. The monoisotopic (exact) mass is 313 g/mol. The van der Waals surface area contributed by atoms with Crippen molar-refractivity contribution >= 4 is 0 Å². The first-order chi connectivity index (χ1) is 11.2. The van der Waals surface area contributed by atoms with Gasteiger partial charge in [-0.15, -0.1) is 0 Å². The Kier molecular flexibility index (Phi) is 5.47. The number of aromatic nitrogens is 2. The molecule has 1 aromatic carbocycles. The average molecular weight is 313 g/mol. The molecule has 4 nitrogen and oxygen atoms in total. The lowest BCUT2D eigenvalue weighted by atomic mass is 10.1. The number of nitrogens with zero attached hydrogens (tertiary/aromatic N) is 3. The fourth-order valence-electron chi connectivity index (χ4n) is 3.16. The van der Waals surface area contributed by atoms with E-state index in [1.807, 2.05) is 12.3 Å². The normalized spacial score (nSPS) is 17.0. The Balaban J connectivity index is 1.44. The number of hydrogen-bond acceptors (Lipinski definition) is 3. The molecule has 0 aliphatic carbocycles. The van der Waals surface area contributed by atoms with Gasteiger partial charge in [-0.2, -0.15) is 0 Å². The summed E-state index contributed by atoms with van der Waals surface area (Å²) in [5.74, 6) is 1.17. The molecule has 0 radical (unpaired) electrons. The van der Waals surface area contributed by atoms with E-state index in [1.165, 1.54) is 11.4 Å². The van der Waals surface area contributed by atoms with Crippen LogP contribution >= 0.6 is 0 Å². The third kappa shape index (κ3) is 4.43. The van der Waals surface area contributed by atoms with Crippen LogP contribution in [0.4, 0.5) is 0 Å². The molecule has 2 aromatic rings. The lowest BCUT2D eigenvalue weighted by Gasteiger charge is -2.32. The zero-order chi connectivity index (χ0) is 16.1. The minimum atomic E-state index is 0.385. The van der Waals surface area contributed by atoms with Crippen LogP contribution in [0.3, 0.4) is 0 Å². The Morgan fingerprint density at radius 2 is 1.91 bits per heavy atom. The predicted molar refractivity (Wildman–Crippen MR) is 92.1 cm³/mol. The number of rotatable bonds is 6. The van der Waals surface area contributed by atoms with Crippen molar-refractivity contribution in [1.82, 2.24) is 14.5 Å². The Hall–Kier alpha value is -1.65. The van der Waals surface area contributed by atoms with Crippen LogP contribution < -0.4 is 0 Å². The quantitative estimate of drug-likeness (QED) is 0.815. The molecule has 23 heavy (non-hydrogen) atoms. The van der Waals surface area contributed by atoms with E-state index in [4.69, 9.17) is 4.74 Å². The summed E-state index contributed by atoms with van der Waals surface area (Å²) in [6, 6.07) is 10.9. The van der Waals surface area contributed by atoms with Gasteiger partial charge in [0.25, 0.3) is 0 Å². The summed E-state index contributed by atoms with van der Waals surface area (Å²) in [5, 5.41) is 0. The maximum absolute atomic E-state index is 6.07. The average Bonchev–Trinajstić information content (AvgIpc) is 3.04. The fourth-order valence-corrected chi connectivity index (χ4v) is 3.16. The van der Waals surface area contributed by atoms with E-state index >= 15 is 0 Å². The zero-order valence-corrected chi connectivity index (χ0v) is 14.2. The molecule has 124 valence electrons. The van der Waals surface area contributed by atoms with Gasteiger partial charge < -0.3 is 9.30 Å². The van der Waals surface area contributed by atoms with Crippen LogP contribution in [-0.2, 0) is 17.9 Å². The van der Waals surface area contributed by atoms with E-state index in [9.17, 15) is 0 Å². The molecule has 1 fully saturated rings. The van der Waals surface area contributed by atoms with Gasteiger partial charge in [0.1, 0.15) is 5.82 Å². The Morgan fingerprint density at radius 3 is 2.61 bits per heavy atom. The minimum absolute atomic E-state index is 0.385. The van der Waals surface area contributed by atoms with Gasteiger partial charge in [0.15, 0.2) is 0 Å². The summed E-state index contributed by atoms with van der Waals surface area (Å²) in [4.78, 5) is 7.01. The van der Waals surface area contributed by atoms with Crippen molar-refractivity contribution in [1.29, 1.82) is 0 Å². The maximum Gasteiger partial charge on any atom is 0.123 e. The summed E-state index contributed by atoms with van der Waals surface area (Å²) in [7, 11) is 0. The van der Waals surface area contributed by atoms with Crippen molar-refractivity contribution in [3.8, 4) is 0 Å². The molecule has 0 amide bonds. The third-order valence-electron chi connectivity index (χ3n) is 4.53. The van der Waals surface area contributed by atoms with Crippen LogP contribution in [0.25, 0.3) is 0 Å². The first-order valence-corrected chi connectivity index (χ1v) is 8.62. The topological polar surface area (TPSA) is 30.3 Å². The second-order valence-corrected chi connectivity index (χ2v) is 6.62. The van der Waals surface area contributed by atoms with Crippen molar-refractivity contribution < 1.29 is 4.74 Å². The largest absolute Gasteiger partial charge is 0.373 e. The van der Waals surface area contributed by atoms with E-state index in [2.05, 4.69) is 58.8 Å². The first kappa shape index (κ1) is 16.2. The van der Waals surface area contributed by atoms with Crippen LogP contribution in [0.1, 0.15) is 44.1 Å². The molecule has 0 unspecified atom stereocenters. The molecule has 4 heteroatoms. The molecular weight excluding hydrogens is 286 g/mol. The SMILES string of the molecule is CC(C)n1ccnc1CN1CCC(OCc2ccccc2)CC1. The number of ether oxygens (including phenoxy) is 1. The van der Waals surface area contributed by atoms with Crippen molar-refractivity contribution in [2.24, 2.45) is 0 Å². The Bertz CT molecular complexity index is 586. The molecule has 0 spiro atoms. The van der Waals surface area contributed by atoms with Crippen molar-refractivity contribution in [2.75, 3.05) is 13.1 Å². The molecule has 1 aromatic heterocycles. The highest BCUT2D eigenvalue weighted by atomic mass is 16.5. The predicted octanol–water partition coefficient (Wildman–Crippen LogP) is 3.65. The number of piperidine rings is 1. The Morgan fingerprint density at radius 1 is 1.17 bits per heavy atom. The fraction of sp³-hybridized carbons (Fsp3) is 0.526. The van der Waals surface area contributed by atoms with E-state index in [1.54, 1.807) is 0 Å². The maximum atomic E-state index is 6.07. The molecule has 0 atom stereocenters. The Labute approximate surface area is 139 Å². The van der Waals surface area contributed by atoms with Gasteiger partial charge in [-0.1, -0.05) is 30.3 Å². The number of hydrogen-bond donors (Lipinski definition) is 0. The van der Waals surface area contributed by atoms with Crippen LogP contribution in [0.15, 0.2) is 42.7 Å². The molecule has 0 N–H and O–H groups in total. The lowest BCUT2D eigenvalue weighted by Crippen LogP contribution is -2.37. The smallest absolute Gasteiger partial charge is 0.123 e. The molecule has 3 rings (SSSR count). The van der Waals surface area contributed by atoms with Gasteiger partial charge in [-0.3, -0.25) is 4.90 Å². The van der Waals surface area contributed by atoms with E-state index in [0.717, 1.165) is 39.1 Å². The molecule has 1 aliphatic rings. The second-order valence-electron chi connectivity index (χ2n) is 6.62. The number of imidazole rings is 1. The minimum Gasteiger partial charge on any atom is -0.373 e. The molecule has 1 aliphatic heterocycles. The molecule has 2 heterocycles. The van der Waals surface area contributed by atoms with Crippen LogP contribution in [0.5, 0.6) is 0 Å². The van der Waals surface area contributed by atoms with E-state index in [-0.39, 0.29) is 0 Å². The molecule has 1 saturated heterocycles. The second kappa shape index (κ2) is 7.75. The number of benzene rings is 1. The van der Waals surface area contributed by atoms with Gasteiger partial charge in [-0.05, 0) is 32.3 Å². The highest BCUT2D eigenvalue weighted by Crippen LogP contribution is 2.18. The van der Waals surface area contributed by atoms with E-state index in [0.29, 0.717) is 12.1 Å². The van der Waals surface area contributed by atoms with Gasteiger partial charge in [0, 0.05) is 31.5 Å². The van der Waals surface area contributed by atoms with Crippen molar-refractivity contribution in [3.63, 3.8) is 0 Å². The van der Waals surface area contributed by atoms with Crippen LogP contribution in [-0.4, -0.2) is 33.6 Å². The van der Waals surface area contributed by atoms with Crippen LogP contribution in [0.2, 0.25) is 0 Å². The first-order valence-electron chi connectivity index (χ1n) is 8.62.